The Hall–Kier alpha value is -0.830. The van der Waals surface area contributed by atoms with Crippen LogP contribution in [0.2, 0.25) is 0 Å². The van der Waals surface area contributed by atoms with Gasteiger partial charge < -0.3 is 9.84 Å². The molecule has 2 atom stereocenters. The zero-order valence-corrected chi connectivity index (χ0v) is 9.32. The molecule has 1 rings (SSSR count). The van der Waals surface area contributed by atoms with Crippen molar-refractivity contribution in [1.29, 1.82) is 0 Å². The fraction of sp³-hybridized carbons (Fsp3) is 0.750. The normalized spacial score (nSPS) is 27.8. The predicted octanol–water partition coefficient (Wildman–Crippen LogP) is 2.61. The minimum absolute atomic E-state index is 0.0961. The number of rotatable bonds is 4. The summed E-state index contributed by atoms with van der Waals surface area (Å²) in [6.07, 6.45) is 8.62. The zero-order chi connectivity index (χ0) is 11.1. The summed E-state index contributed by atoms with van der Waals surface area (Å²) >= 11 is 0. The summed E-state index contributed by atoms with van der Waals surface area (Å²) in [5, 5.41) is 9.09. The number of aliphatic carboxylic acids is 1. The van der Waals surface area contributed by atoms with Gasteiger partial charge in [-0.25, -0.2) is 0 Å². The molecule has 0 spiro atoms. The Balaban J connectivity index is 2.50. The topological polar surface area (TPSA) is 46.5 Å². The van der Waals surface area contributed by atoms with Crippen LogP contribution in [0.15, 0.2) is 12.2 Å². The Kier molecular flexibility index (Phi) is 5.40. The molecule has 1 aliphatic rings. The molecule has 0 bridgehead atoms. The summed E-state index contributed by atoms with van der Waals surface area (Å²) in [6, 6.07) is 0. The Morgan fingerprint density at radius 1 is 1.40 bits per heavy atom. The maximum Gasteiger partial charge on any atom is 0.309 e. The molecule has 2 unspecified atom stereocenters. The molecule has 0 aromatic heterocycles. The van der Waals surface area contributed by atoms with Crippen molar-refractivity contribution in [2.45, 2.75) is 45.1 Å². The molecule has 0 aromatic carbocycles. The van der Waals surface area contributed by atoms with Gasteiger partial charge in [0.05, 0.1) is 18.6 Å². The van der Waals surface area contributed by atoms with E-state index in [1.165, 1.54) is 0 Å². The fourth-order valence-electron chi connectivity index (χ4n) is 2.03. The molecule has 3 nitrogen and oxygen atoms in total. The quantitative estimate of drug-likeness (QED) is 0.575. The zero-order valence-electron chi connectivity index (χ0n) is 9.32. The summed E-state index contributed by atoms with van der Waals surface area (Å²) in [6.45, 7) is 2.47. The van der Waals surface area contributed by atoms with E-state index in [2.05, 4.69) is 0 Å². The molecule has 86 valence electrons. The van der Waals surface area contributed by atoms with Gasteiger partial charge in [0.2, 0.25) is 0 Å². The van der Waals surface area contributed by atoms with Crippen molar-refractivity contribution in [3.63, 3.8) is 0 Å². The first-order chi connectivity index (χ1) is 7.25. The highest BCUT2D eigenvalue weighted by Crippen LogP contribution is 2.26. The molecule has 1 aliphatic carbocycles. The van der Waals surface area contributed by atoms with Crippen molar-refractivity contribution < 1.29 is 14.6 Å². The highest BCUT2D eigenvalue weighted by molar-refractivity contribution is 5.70. The summed E-state index contributed by atoms with van der Waals surface area (Å²) < 4.78 is 5.61. The van der Waals surface area contributed by atoms with Crippen LogP contribution < -0.4 is 0 Å². The van der Waals surface area contributed by atoms with Crippen LogP contribution in [0, 0.1) is 5.92 Å². The Morgan fingerprint density at radius 3 is 2.80 bits per heavy atom. The van der Waals surface area contributed by atoms with E-state index in [-0.39, 0.29) is 12.0 Å². The van der Waals surface area contributed by atoms with E-state index < -0.39 is 5.97 Å². The van der Waals surface area contributed by atoms with Gasteiger partial charge in [0, 0.05) is 0 Å². The number of carboxylic acids is 1. The second-order valence-corrected chi connectivity index (χ2v) is 4.02. The van der Waals surface area contributed by atoms with Crippen LogP contribution in [-0.4, -0.2) is 23.8 Å². The number of hydrogen-bond acceptors (Lipinski definition) is 2. The lowest BCUT2D eigenvalue weighted by molar-refractivity contribution is -0.147. The molecule has 0 aromatic rings. The number of hydrogen-bond donors (Lipinski definition) is 1. The smallest absolute Gasteiger partial charge is 0.309 e. The summed E-state index contributed by atoms with van der Waals surface area (Å²) in [5.41, 5.74) is 0. The van der Waals surface area contributed by atoms with E-state index in [0.29, 0.717) is 6.61 Å². The van der Waals surface area contributed by atoms with E-state index in [1.807, 2.05) is 19.1 Å². The average molecular weight is 212 g/mol. The fourth-order valence-corrected chi connectivity index (χ4v) is 2.03. The minimum atomic E-state index is -0.706. The monoisotopic (exact) mass is 212 g/mol. The molecule has 0 saturated heterocycles. The average Bonchev–Trinajstić information content (AvgIpc) is 2.43. The van der Waals surface area contributed by atoms with Crippen LogP contribution in [0.3, 0.4) is 0 Å². The van der Waals surface area contributed by atoms with Crippen molar-refractivity contribution in [3.05, 3.63) is 12.2 Å². The first-order valence-electron chi connectivity index (χ1n) is 5.71. The molecular formula is C12H20O3. The molecule has 0 heterocycles. The SMILES string of the molecule is C/C=C/COC1CCCCCC1C(=O)O. The second kappa shape index (κ2) is 6.62. The van der Waals surface area contributed by atoms with E-state index >= 15 is 0 Å². The van der Waals surface area contributed by atoms with Gasteiger partial charge in [0.25, 0.3) is 0 Å². The van der Waals surface area contributed by atoms with Crippen LogP contribution in [0.25, 0.3) is 0 Å². The molecular weight excluding hydrogens is 192 g/mol. The summed E-state index contributed by atoms with van der Waals surface area (Å²) in [4.78, 5) is 11.1. The third-order valence-electron chi connectivity index (χ3n) is 2.91. The maximum atomic E-state index is 11.1. The molecule has 15 heavy (non-hydrogen) atoms. The summed E-state index contributed by atoms with van der Waals surface area (Å²) in [5.74, 6) is -1.01. The van der Waals surface area contributed by atoms with Gasteiger partial charge in [0.15, 0.2) is 0 Å². The number of allylic oxidation sites excluding steroid dienone is 1. The van der Waals surface area contributed by atoms with Crippen LogP contribution in [-0.2, 0) is 9.53 Å². The number of ether oxygens (including phenoxy) is 1. The standard InChI is InChI=1S/C12H20O3/c1-2-3-9-15-11-8-6-4-5-7-10(11)12(13)14/h2-3,10-11H,4-9H2,1H3,(H,13,14)/b3-2+. The Bertz CT molecular complexity index is 223. The van der Waals surface area contributed by atoms with Gasteiger partial charge in [-0.1, -0.05) is 31.4 Å². The van der Waals surface area contributed by atoms with Crippen molar-refractivity contribution in [2.75, 3.05) is 6.61 Å². The highest BCUT2D eigenvalue weighted by atomic mass is 16.5. The third kappa shape index (κ3) is 4.04. The predicted molar refractivity (Wildman–Crippen MR) is 58.8 cm³/mol. The number of carboxylic acid groups (broad SMARTS) is 1. The molecule has 3 heteroatoms. The van der Waals surface area contributed by atoms with Gasteiger partial charge in [-0.2, -0.15) is 0 Å². The van der Waals surface area contributed by atoms with E-state index in [4.69, 9.17) is 9.84 Å². The van der Waals surface area contributed by atoms with Crippen molar-refractivity contribution in [1.82, 2.24) is 0 Å². The van der Waals surface area contributed by atoms with Crippen LogP contribution in [0.5, 0.6) is 0 Å². The molecule has 1 fully saturated rings. The van der Waals surface area contributed by atoms with Crippen molar-refractivity contribution in [2.24, 2.45) is 5.92 Å². The van der Waals surface area contributed by atoms with Gasteiger partial charge in [-0.3, -0.25) is 4.79 Å². The lowest BCUT2D eigenvalue weighted by Crippen LogP contribution is -2.29. The molecule has 0 aliphatic heterocycles. The van der Waals surface area contributed by atoms with Crippen LogP contribution in [0.1, 0.15) is 39.0 Å². The van der Waals surface area contributed by atoms with Crippen molar-refractivity contribution >= 4 is 5.97 Å². The lowest BCUT2D eigenvalue weighted by atomic mass is 9.97. The Labute approximate surface area is 91.1 Å². The largest absolute Gasteiger partial charge is 0.481 e. The van der Waals surface area contributed by atoms with Gasteiger partial charge >= 0.3 is 5.97 Å². The molecule has 1 N–H and O–H groups in total. The number of carbonyl (C=O) groups is 1. The molecule has 0 amide bonds. The van der Waals surface area contributed by atoms with Crippen LogP contribution in [0.4, 0.5) is 0 Å². The summed E-state index contributed by atoms with van der Waals surface area (Å²) in [7, 11) is 0. The second-order valence-electron chi connectivity index (χ2n) is 4.02. The molecule has 0 radical (unpaired) electrons. The highest BCUT2D eigenvalue weighted by Gasteiger charge is 2.29. The van der Waals surface area contributed by atoms with Crippen molar-refractivity contribution in [3.8, 4) is 0 Å². The first kappa shape index (κ1) is 12.2. The minimum Gasteiger partial charge on any atom is -0.481 e. The Morgan fingerprint density at radius 2 is 2.13 bits per heavy atom. The maximum absolute atomic E-state index is 11.1. The van der Waals surface area contributed by atoms with Gasteiger partial charge in [0.1, 0.15) is 0 Å². The third-order valence-corrected chi connectivity index (χ3v) is 2.91. The first-order valence-corrected chi connectivity index (χ1v) is 5.71. The van der Waals surface area contributed by atoms with Crippen LogP contribution >= 0.6 is 0 Å². The van der Waals surface area contributed by atoms with E-state index in [1.54, 1.807) is 0 Å². The molecule has 1 saturated carbocycles. The van der Waals surface area contributed by atoms with Gasteiger partial charge in [-0.05, 0) is 19.8 Å². The van der Waals surface area contributed by atoms with Gasteiger partial charge in [-0.15, -0.1) is 0 Å². The van der Waals surface area contributed by atoms with E-state index in [0.717, 1.165) is 32.1 Å². The lowest BCUT2D eigenvalue weighted by Gasteiger charge is -2.21. The van der Waals surface area contributed by atoms with E-state index in [9.17, 15) is 4.79 Å².